The summed E-state index contributed by atoms with van der Waals surface area (Å²) in [6.07, 6.45) is 1.57. The molecule has 1 aromatic heterocycles. The number of methoxy groups -OCH3 is 1. The van der Waals surface area contributed by atoms with Crippen LogP contribution in [0.5, 0.6) is 11.5 Å². The van der Waals surface area contributed by atoms with E-state index < -0.39 is 4.05 Å². The summed E-state index contributed by atoms with van der Waals surface area (Å²) in [6, 6.07) is 13.8. The van der Waals surface area contributed by atoms with Crippen molar-refractivity contribution in [1.82, 2.24) is 14.0 Å². The van der Waals surface area contributed by atoms with Crippen LogP contribution in [0.1, 0.15) is 36.2 Å². The van der Waals surface area contributed by atoms with E-state index in [-0.39, 0.29) is 18.0 Å². The Morgan fingerprint density at radius 3 is 2.39 bits per heavy atom. The summed E-state index contributed by atoms with van der Waals surface area (Å²) >= 11 is 10.4. The second-order valence-corrected chi connectivity index (χ2v) is 9.19. The smallest absolute Gasteiger partial charge is 0.374 e. The van der Waals surface area contributed by atoms with Gasteiger partial charge in [-0.05, 0) is 47.9 Å². The predicted octanol–water partition coefficient (Wildman–Crippen LogP) is 5.52. The van der Waals surface area contributed by atoms with Gasteiger partial charge in [0, 0.05) is 11.6 Å². The van der Waals surface area contributed by atoms with Crippen molar-refractivity contribution in [1.29, 1.82) is 0 Å². The lowest BCUT2D eigenvalue weighted by Gasteiger charge is -2.27. The number of quaternary nitrogens is 1. The Kier molecular flexibility index (Phi) is 6.81. The van der Waals surface area contributed by atoms with Crippen LogP contribution < -0.4 is 13.5 Å². The van der Waals surface area contributed by atoms with Crippen LogP contribution in [0, 0.1) is 6.92 Å². The summed E-state index contributed by atoms with van der Waals surface area (Å²) in [7, 11) is 3.08. The fraction of sp³-hybridized carbons (Fsp3) is 0.304. The Labute approximate surface area is 193 Å². The van der Waals surface area contributed by atoms with Crippen molar-refractivity contribution >= 4 is 30.4 Å². The van der Waals surface area contributed by atoms with Gasteiger partial charge >= 0.3 is 5.95 Å². The van der Waals surface area contributed by atoms with E-state index in [1.54, 1.807) is 19.4 Å². The number of aromatic nitrogens is 2. The van der Waals surface area contributed by atoms with Crippen LogP contribution in [0.25, 0.3) is 0 Å². The van der Waals surface area contributed by atoms with Gasteiger partial charge in [-0.25, -0.2) is 0 Å². The predicted molar refractivity (Wildman–Crippen MR) is 126 cm³/mol. The van der Waals surface area contributed by atoms with Gasteiger partial charge in [-0.3, -0.25) is 0 Å². The van der Waals surface area contributed by atoms with E-state index >= 15 is 0 Å². The maximum absolute atomic E-state index is 9.88. The Hall–Kier alpha value is -2.32. The van der Waals surface area contributed by atoms with E-state index in [1.165, 1.54) is 7.05 Å². The first-order chi connectivity index (χ1) is 14.5. The molecule has 0 bridgehead atoms. The molecule has 3 aromatic rings. The standard InChI is InChI=1S/C23H27ClN3O3S/c1-15-12-17(13-20(24)21(15)29-5)23(2,3)16-6-8-19(9-7-16)30-14-18-10-11-25-22(26-18)27(4,28)31/h6-13,28,31H,14H2,1-5H3/q+1. The molecule has 0 saturated heterocycles. The number of hydrogen-bond donors (Lipinski definition) is 2. The molecule has 0 aliphatic rings. The normalized spacial score (nSPS) is 13.5. The molecule has 0 spiro atoms. The van der Waals surface area contributed by atoms with Gasteiger partial charge in [0.2, 0.25) is 0 Å². The maximum atomic E-state index is 9.88. The number of halogens is 1. The molecular formula is C23H27ClN3O3S+. The third-order valence-electron chi connectivity index (χ3n) is 5.20. The third-order valence-corrected chi connectivity index (χ3v) is 5.66. The van der Waals surface area contributed by atoms with E-state index in [2.05, 4.69) is 42.7 Å². The lowest BCUT2D eigenvalue weighted by atomic mass is 9.77. The van der Waals surface area contributed by atoms with Crippen molar-refractivity contribution in [3.63, 3.8) is 0 Å². The van der Waals surface area contributed by atoms with Gasteiger partial charge in [-0.1, -0.05) is 47.7 Å². The topological polar surface area (TPSA) is 64.5 Å². The summed E-state index contributed by atoms with van der Waals surface area (Å²) < 4.78 is 10.5. The van der Waals surface area contributed by atoms with E-state index in [0.717, 1.165) is 22.4 Å². The molecule has 0 aliphatic carbocycles. The molecule has 8 heteroatoms. The molecule has 31 heavy (non-hydrogen) atoms. The van der Waals surface area contributed by atoms with Gasteiger partial charge in [0.05, 0.1) is 17.8 Å². The first kappa shape index (κ1) is 23.3. The van der Waals surface area contributed by atoms with Crippen LogP contribution in [0.2, 0.25) is 5.02 Å². The van der Waals surface area contributed by atoms with Crippen LogP contribution in [0.15, 0.2) is 48.7 Å². The van der Waals surface area contributed by atoms with E-state index in [4.69, 9.17) is 21.1 Å². The molecule has 0 aliphatic heterocycles. The van der Waals surface area contributed by atoms with Gasteiger partial charge in [-0.2, -0.15) is 15.2 Å². The van der Waals surface area contributed by atoms with Crippen molar-refractivity contribution in [3.8, 4) is 11.5 Å². The molecule has 0 amide bonds. The largest absolute Gasteiger partial charge is 0.495 e. The van der Waals surface area contributed by atoms with Crippen molar-refractivity contribution in [3.05, 3.63) is 76.1 Å². The molecule has 0 radical (unpaired) electrons. The molecule has 1 N–H and O–H groups in total. The highest BCUT2D eigenvalue weighted by Crippen LogP contribution is 2.38. The number of ether oxygens (including phenoxy) is 2. The SMILES string of the molecule is COc1c(C)cc(C(C)(C)c2ccc(OCc3ccnc([N+](C)(O)S)n3)cc2)cc1Cl. The number of aryl methyl sites for hydroxylation is 1. The van der Waals surface area contributed by atoms with Crippen LogP contribution in [-0.2, 0) is 12.0 Å². The minimum absolute atomic E-state index is 0.176. The highest BCUT2D eigenvalue weighted by Gasteiger charge is 2.25. The second kappa shape index (κ2) is 9.04. The summed E-state index contributed by atoms with van der Waals surface area (Å²) in [5.74, 6) is 1.60. The van der Waals surface area contributed by atoms with Gasteiger partial charge < -0.3 is 9.47 Å². The van der Waals surface area contributed by atoms with Crippen molar-refractivity contribution in [2.75, 3.05) is 14.2 Å². The Balaban J connectivity index is 1.75. The fourth-order valence-corrected chi connectivity index (χ4v) is 3.75. The highest BCUT2D eigenvalue weighted by molar-refractivity contribution is 7.79. The number of benzene rings is 2. The highest BCUT2D eigenvalue weighted by atomic mass is 35.5. The van der Waals surface area contributed by atoms with Crippen LogP contribution in [0.4, 0.5) is 5.95 Å². The summed E-state index contributed by atoms with van der Waals surface area (Å²) in [6.45, 7) is 6.56. The third kappa shape index (κ3) is 5.30. The molecule has 0 saturated carbocycles. The Morgan fingerprint density at radius 1 is 1.13 bits per heavy atom. The molecular weight excluding hydrogens is 434 g/mol. The zero-order valence-corrected chi connectivity index (χ0v) is 19.9. The molecule has 1 atom stereocenters. The number of rotatable bonds is 7. The zero-order chi connectivity index (χ0) is 22.8. The molecule has 1 unspecified atom stereocenters. The summed E-state index contributed by atoms with van der Waals surface area (Å²) in [4.78, 5) is 8.29. The van der Waals surface area contributed by atoms with Gasteiger partial charge in [0.1, 0.15) is 38.0 Å². The minimum Gasteiger partial charge on any atom is -0.495 e. The molecule has 1 heterocycles. The van der Waals surface area contributed by atoms with Crippen molar-refractivity contribution < 1.29 is 14.7 Å². The van der Waals surface area contributed by atoms with Gasteiger partial charge in [0.15, 0.2) is 0 Å². The first-order valence-electron chi connectivity index (χ1n) is 9.75. The van der Waals surface area contributed by atoms with Gasteiger partial charge in [-0.15, -0.1) is 0 Å². The lowest BCUT2D eigenvalue weighted by molar-refractivity contribution is 0.0464. The van der Waals surface area contributed by atoms with E-state index in [9.17, 15) is 5.21 Å². The van der Waals surface area contributed by atoms with Crippen LogP contribution in [-0.4, -0.2) is 29.3 Å². The number of hydrogen-bond acceptors (Lipinski definition) is 6. The number of thiol groups is 1. The van der Waals surface area contributed by atoms with E-state index in [0.29, 0.717) is 16.5 Å². The zero-order valence-electron chi connectivity index (χ0n) is 18.3. The quantitative estimate of drug-likeness (QED) is 0.276. The average Bonchev–Trinajstić information content (AvgIpc) is 2.72. The van der Waals surface area contributed by atoms with Gasteiger partial charge in [0.25, 0.3) is 0 Å². The summed E-state index contributed by atoms with van der Waals surface area (Å²) in [5, 5.41) is 10.5. The molecule has 0 fully saturated rings. The fourth-order valence-electron chi connectivity index (χ4n) is 3.31. The molecule has 6 nitrogen and oxygen atoms in total. The number of nitrogens with zero attached hydrogens (tertiary/aromatic N) is 3. The monoisotopic (exact) mass is 460 g/mol. The molecule has 3 rings (SSSR count). The van der Waals surface area contributed by atoms with E-state index in [1.807, 2.05) is 37.3 Å². The van der Waals surface area contributed by atoms with Crippen LogP contribution in [0.3, 0.4) is 0 Å². The Bertz CT molecular complexity index is 1040. The maximum Gasteiger partial charge on any atom is 0.374 e. The van der Waals surface area contributed by atoms with Crippen molar-refractivity contribution in [2.24, 2.45) is 0 Å². The number of hydroxylamine groups is 1. The van der Waals surface area contributed by atoms with Crippen LogP contribution >= 0.6 is 24.4 Å². The first-order valence-corrected chi connectivity index (χ1v) is 10.5. The molecule has 2 aromatic carbocycles. The molecule has 164 valence electrons. The minimum atomic E-state index is -0.744. The van der Waals surface area contributed by atoms with Crippen molar-refractivity contribution in [2.45, 2.75) is 32.8 Å². The summed E-state index contributed by atoms with van der Waals surface area (Å²) in [5.41, 5.74) is 3.63. The Morgan fingerprint density at radius 2 is 1.81 bits per heavy atom. The lowest BCUT2D eigenvalue weighted by Crippen LogP contribution is -2.31. The average molecular weight is 461 g/mol. The second-order valence-electron chi connectivity index (χ2n) is 8.01.